The van der Waals surface area contributed by atoms with Gasteiger partial charge in [-0.05, 0) is 37.1 Å². The molecule has 3 aromatic rings. The number of hydrogen-bond donors (Lipinski definition) is 2. The van der Waals surface area contributed by atoms with Gasteiger partial charge in [0.15, 0.2) is 0 Å². The van der Waals surface area contributed by atoms with Crippen molar-refractivity contribution >= 4 is 28.3 Å². The Labute approximate surface area is 127 Å². The smallest absolute Gasteiger partial charge is 0.141 e. The molecule has 4 rings (SSSR count). The fourth-order valence-electron chi connectivity index (χ4n) is 3.14. The van der Waals surface area contributed by atoms with Gasteiger partial charge in [0.1, 0.15) is 12.0 Å². The Hall–Kier alpha value is -2.07. The van der Waals surface area contributed by atoms with E-state index in [4.69, 9.17) is 11.6 Å². The molecule has 0 amide bonds. The number of aryl methyl sites for hydroxylation is 2. The zero-order chi connectivity index (χ0) is 14.6. The van der Waals surface area contributed by atoms with Gasteiger partial charge in [0.25, 0.3) is 0 Å². The fraction of sp³-hybridized carbons (Fsp3) is 0.250. The van der Waals surface area contributed by atoms with Gasteiger partial charge in [-0.15, -0.1) is 0 Å². The first kappa shape index (κ1) is 12.7. The van der Waals surface area contributed by atoms with Crippen LogP contribution in [0.5, 0.6) is 0 Å². The lowest BCUT2D eigenvalue weighted by atomic mass is 9.94. The van der Waals surface area contributed by atoms with E-state index in [0.717, 1.165) is 39.7 Å². The van der Waals surface area contributed by atoms with E-state index >= 15 is 0 Å². The fourth-order valence-corrected chi connectivity index (χ4v) is 3.31. The summed E-state index contributed by atoms with van der Waals surface area (Å²) in [7, 11) is 0. The predicted octanol–water partition coefficient (Wildman–Crippen LogP) is 3.79. The summed E-state index contributed by atoms with van der Waals surface area (Å²) in [5, 5.41) is 5.32. The van der Waals surface area contributed by atoms with Gasteiger partial charge >= 0.3 is 0 Å². The Kier molecular flexibility index (Phi) is 2.69. The van der Waals surface area contributed by atoms with Crippen molar-refractivity contribution in [3.05, 3.63) is 52.1 Å². The number of rotatable bonds is 1. The summed E-state index contributed by atoms with van der Waals surface area (Å²) >= 11 is 6.07. The molecule has 0 saturated heterocycles. The molecule has 1 aliphatic heterocycles. The van der Waals surface area contributed by atoms with E-state index < -0.39 is 0 Å². The Morgan fingerprint density at radius 3 is 2.95 bits per heavy atom. The number of fused-ring (bicyclic) bond motifs is 2. The van der Waals surface area contributed by atoms with Crippen LogP contribution >= 0.6 is 11.6 Å². The number of halogens is 1. The molecule has 0 bridgehead atoms. The predicted molar refractivity (Wildman–Crippen MR) is 85.1 cm³/mol. The maximum absolute atomic E-state index is 6.07. The minimum Gasteiger partial charge on any atom is -0.384 e. The average molecular weight is 299 g/mol. The van der Waals surface area contributed by atoms with Gasteiger partial charge < -0.3 is 10.3 Å². The van der Waals surface area contributed by atoms with E-state index in [1.807, 2.05) is 12.1 Å². The van der Waals surface area contributed by atoms with Crippen molar-refractivity contribution in [2.45, 2.75) is 19.8 Å². The van der Waals surface area contributed by atoms with Crippen LogP contribution in [-0.4, -0.2) is 21.5 Å². The first-order valence-corrected chi connectivity index (χ1v) is 7.36. The third-order valence-corrected chi connectivity index (χ3v) is 4.57. The number of anilines is 1. The van der Waals surface area contributed by atoms with Gasteiger partial charge in [-0.1, -0.05) is 17.7 Å². The number of nitrogens with one attached hydrogen (secondary N) is 2. The maximum Gasteiger partial charge on any atom is 0.141 e. The molecule has 106 valence electrons. The van der Waals surface area contributed by atoms with Crippen LogP contribution in [0, 0.1) is 13.8 Å². The highest BCUT2D eigenvalue weighted by Gasteiger charge is 2.27. The average Bonchev–Trinajstić information content (AvgIpc) is 3.00. The van der Waals surface area contributed by atoms with Gasteiger partial charge in [-0.3, -0.25) is 0 Å². The highest BCUT2D eigenvalue weighted by atomic mass is 35.5. The van der Waals surface area contributed by atoms with Gasteiger partial charge in [-0.2, -0.15) is 0 Å². The SMILES string of the molecule is Cc1[nH]c2ncnc(C3CNc4cc(Cl)ccc43)c2c1C. The van der Waals surface area contributed by atoms with Crippen LogP contribution in [0.25, 0.3) is 11.0 Å². The summed E-state index contributed by atoms with van der Waals surface area (Å²) in [4.78, 5) is 12.3. The topological polar surface area (TPSA) is 53.6 Å². The summed E-state index contributed by atoms with van der Waals surface area (Å²) in [6, 6.07) is 6.00. The van der Waals surface area contributed by atoms with E-state index in [-0.39, 0.29) is 5.92 Å². The van der Waals surface area contributed by atoms with Crippen molar-refractivity contribution in [3.8, 4) is 0 Å². The van der Waals surface area contributed by atoms with E-state index in [1.54, 1.807) is 6.33 Å². The van der Waals surface area contributed by atoms with Crippen molar-refractivity contribution in [2.75, 3.05) is 11.9 Å². The molecule has 3 heterocycles. The molecule has 0 fully saturated rings. The molecule has 2 N–H and O–H groups in total. The summed E-state index contributed by atoms with van der Waals surface area (Å²) < 4.78 is 0. The lowest BCUT2D eigenvalue weighted by molar-refractivity contribution is 0.864. The second-order valence-electron chi connectivity index (χ2n) is 5.52. The number of benzene rings is 1. The number of nitrogens with zero attached hydrogens (tertiary/aromatic N) is 2. The van der Waals surface area contributed by atoms with Crippen LogP contribution in [-0.2, 0) is 0 Å². The van der Waals surface area contributed by atoms with E-state index in [0.29, 0.717) is 0 Å². The van der Waals surface area contributed by atoms with Crippen molar-refractivity contribution in [1.29, 1.82) is 0 Å². The normalized spacial score (nSPS) is 17.0. The third kappa shape index (κ3) is 1.83. The molecule has 0 aliphatic carbocycles. The van der Waals surface area contributed by atoms with E-state index in [9.17, 15) is 0 Å². The van der Waals surface area contributed by atoms with Crippen LogP contribution in [0.2, 0.25) is 5.02 Å². The quantitative estimate of drug-likeness (QED) is 0.719. The molecule has 0 spiro atoms. The molecule has 0 saturated carbocycles. The van der Waals surface area contributed by atoms with Crippen LogP contribution < -0.4 is 5.32 Å². The molecule has 1 unspecified atom stereocenters. The summed E-state index contributed by atoms with van der Waals surface area (Å²) in [6.07, 6.45) is 1.64. The molecule has 21 heavy (non-hydrogen) atoms. The Morgan fingerprint density at radius 1 is 1.24 bits per heavy atom. The first-order valence-electron chi connectivity index (χ1n) is 6.98. The minimum absolute atomic E-state index is 0.233. The van der Waals surface area contributed by atoms with Crippen molar-refractivity contribution in [3.63, 3.8) is 0 Å². The van der Waals surface area contributed by atoms with E-state index in [2.05, 4.69) is 40.2 Å². The number of hydrogen-bond acceptors (Lipinski definition) is 3. The molecule has 4 nitrogen and oxygen atoms in total. The molecule has 1 atom stereocenters. The van der Waals surface area contributed by atoms with Gasteiger partial charge in [0.2, 0.25) is 0 Å². The highest BCUT2D eigenvalue weighted by molar-refractivity contribution is 6.30. The van der Waals surface area contributed by atoms with Crippen LogP contribution in [0.3, 0.4) is 0 Å². The second-order valence-corrected chi connectivity index (χ2v) is 5.96. The maximum atomic E-state index is 6.07. The van der Waals surface area contributed by atoms with Crippen molar-refractivity contribution in [2.24, 2.45) is 0 Å². The molecule has 5 heteroatoms. The standard InChI is InChI=1S/C16H15ClN4/c1-8-9(2)21-16-14(8)15(19-7-20-16)12-6-18-13-5-10(17)3-4-11(12)13/h3-5,7,12,18H,6H2,1-2H3,(H,19,20,21). The number of aromatic nitrogens is 3. The van der Waals surface area contributed by atoms with Gasteiger partial charge in [0.05, 0.1) is 5.69 Å². The largest absolute Gasteiger partial charge is 0.384 e. The zero-order valence-corrected chi connectivity index (χ0v) is 12.6. The monoisotopic (exact) mass is 298 g/mol. The van der Waals surface area contributed by atoms with Crippen LogP contribution in [0.15, 0.2) is 24.5 Å². The second kappa shape index (κ2) is 4.46. The number of aromatic amines is 1. The number of H-pyrrole nitrogens is 1. The van der Waals surface area contributed by atoms with Crippen LogP contribution in [0.4, 0.5) is 5.69 Å². The molecule has 0 radical (unpaired) electrons. The first-order chi connectivity index (χ1) is 10.1. The Bertz CT molecular complexity index is 853. The highest BCUT2D eigenvalue weighted by Crippen LogP contribution is 2.39. The van der Waals surface area contributed by atoms with Crippen LogP contribution in [0.1, 0.15) is 28.4 Å². The minimum atomic E-state index is 0.233. The Morgan fingerprint density at radius 2 is 2.10 bits per heavy atom. The molecule has 1 aliphatic rings. The zero-order valence-electron chi connectivity index (χ0n) is 11.9. The van der Waals surface area contributed by atoms with Crippen molar-refractivity contribution in [1.82, 2.24) is 15.0 Å². The van der Waals surface area contributed by atoms with Crippen molar-refractivity contribution < 1.29 is 0 Å². The lowest BCUT2D eigenvalue weighted by Crippen LogP contribution is -2.07. The molecular formula is C16H15ClN4. The summed E-state index contributed by atoms with van der Waals surface area (Å²) in [5.74, 6) is 0.233. The third-order valence-electron chi connectivity index (χ3n) is 4.34. The van der Waals surface area contributed by atoms with E-state index in [1.165, 1.54) is 11.1 Å². The summed E-state index contributed by atoms with van der Waals surface area (Å²) in [5.41, 5.74) is 6.71. The Balaban J connectivity index is 1.93. The van der Waals surface area contributed by atoms with Gasteiger partial charge in [-0.25, -0.2) is 9.97 Å². The molecule has 2 aromatic heterocycles. The van der Waals surface area contributed by atoms with Gasteiger partial charge in [0, 0.05) is 34.3 Å². The lowest BCUT2D eigenvalue weighted by Gasteiger charge is -2.11. The summed E-state index contributed by atoms with van der Waals surface area (Å²) in [6.45, 7) is 5.03. The molecular weight excluding hydrogens is 284 g/mol. The molecule has 1 aromatic carbocycles.